The molecule has 1 heterocycles. The van der Waals surface area contributed by atoms with E-state index in [1.165, 1.54) is 4.68 Å². The second-order valence-corrected chi connectivity index (χ2v) is 4.80. The fourth-order valence-electron chi connectivity index (χ4n) is 2.18. The van der Waals surface area contributed by atoms with Crippen LogP contribution >= 0.6 is 0 Å². The number of aryl methyl sites for hydroxylation is 1. The number of nitrogens with zero attached hydrogens (tertiary/aromatic N) is 2. The first-order valence-corrected chi connectivity index (χ1v) is 6.70. The Balaban J connectivity index is 2.15. The molecule has 0 fully saturated rings. The van der Waals surface area contributed by atoms with Crippen molar-refractivity contribution in [2.75, 3.05) is 19.5 Å². The van der Waals surface area contributed by atoms with Gasteiger partial charge in [0.15, 0.2) is 5.69 Å². The minimum absolute atomic E-state index is 0.00752. The molecule has 118 valence electrons. The van der Waals surface area contributed by atoms with Crippen molar-refractivity contribution in [1.29, 1.82) is 0 Å². The normalized spacial score (nSPS) is 10.5. The third-order valence-corrected chi connectivity index (χ3v) is 3.16. The molecule has 2 aromatic rings. The summed E-state index contributed by atoms with van der Waals surface area (Å²) in [5.41, 5.74) is 2.43. The summed E-state index contributed by atoms with van der Waals surface area (Å²) >= 11 is 0. The van der Waals surface area contributed by atoms with Crippen LogP contribution in [0.25, 0.3) is 0 Å². The number of hydrogen-bond donors (Lipinski definition) is 2. The van der Waals surface area contributed by atoms with Crippen LogP contribution in [0, 0.1) is 0 Å². The lowest BCUT2D eigenvalue weighted by Gasteiger charge is -2.11. The average Bonchev–Trinajstić information content (AvgIpc) is 2.87. The van der Waals surface area contributed by atoms with Gasteiger partial charge in [-0.05, 0) is 17.7 Å². The van der Waals surface area contributed by atoms with Crippen LogP contribution in [0.1, 0.15) is 21.6 Å². The second kappa shape index (κ2) is 6.95. The number of rotatable bonds is 7. The molecular formula is C15H19N3O4. The van der Waals surface area contributed by atoms with Gasteiger partial charge in [-0.1, -0.05) is 6.07 Å². The number of benzene rings is 1. The Morgan fingerprint density at radius 2 is 2.18 bits per heavy atom. The van der Waals surface area contributed by atoms with Crippen molar-refractivity contribution < 1.29 is 19.4 Å². The largest absolute Gasteiger partial charge is 0.496 e. The molecule has 0 aliphatic heterocycles. The Kier molecular flexibility index (Phi) is 5.00. The number of methoxy groups -OCH3 is 2. The van der Waals surface area contributed by atoms with E-state index in [9.17, 15) is 4.79 Å². The van der Waals surface area contributed by atoms with Gasteiger partial charge in [0.1, 0.15) is 5.75 Å². The number of nitrogens with one attached hydrogen (secondary N) is 1. The zero-order valence-corrected chi connectivity index (χ0v) is 12.8. The van der Waals surface area contributed by atoms with Crippen LogP contribution in [-0.4, -0.2) is 35.1 Å². The van der Waals surface area contributed by atoms with Crippen molar-refractivity contribution >= 4 is 11.7 Å². The molecule has 0 saturated heterocycles. The van der Waals surface area contributed by atoms with E-state index in [0.29, 0.717) is 18.8 Å². The van der Waals surface area contributed by atoms with Gasteiger partial charge in [-0.2, -0.15) is 5.10 Å². The molecule has 22 heavy (non-hydrogen) atoms. The van der Waals surface area contributed by atoms with Crippen molar-refractivity contribution in [1.82, 2.24) is 9.78 Å². The van der Waals surface area contributed by atoms with Gasteiger partial charge in [0.25, 0.3) is 0 Å². The van der Waals surface area contributed by atoms with Crippen LogP contribution in [-0.2, 0) is 24.9 Å². The monoisotopic (exact) mass is 305 g/mol. The van der Waals surface area contributed by atoms with Crippen LogP contribution in [0.2, 0.25) is 0 Å². The van der Waals surface area contributed by atoms with Crippen LogP contribution in [0.5, 0.6) is 5.75 Å². The minimum Gasteiger partial charge on any atom is -0.496 e. The summed E-state index contributed by atoms with van der Waals surface area (Å²) in [5, 5.41) is 16.1. The van der Waals surface area contributed by atoms with E-state index < -0.39 is 5.97 Å². The molecule has 0 unspecified atom stereocenters. The van der Waals surface area contributed by atoms with E-state index >= 15 is 0 Å². The maximum absolute atomic E-state index is 11.1. The quantitative estimate of drug-likeness (QED) is 0.812. The van der Waals surface area contributed by atoms with Crippen molar-refractivity contribution in [2.24, 2.45) is 7.05 Å². The summed E-state index contributed by atoms with van der Waals surface area (Å²) in [6, 6.07) is 5.75. The van der Waals surface area contributed by atoms with E-state index in [-0.39, 0.29) is 5.69 Å². The molecule has 0 atom stereocenters. The summed E-state index contributed by atoms with van der Waals surface area (Å²) in [7, 11) is 4.92. The number of ether oxygens (including phenoxy) is 2. The zero-order valence-electron chi connectivity index (χ0n) is 12.8. The first-order chi connectivity index (χ1) is 10.5. The molecule has 2 rings (SSSR count). The molecule has 2 N–H and O–H groups in total. The van der Waals surface area contributed by atoms with Crippen LogP contribution < -0.4 is 10.1 Å². The highest BCUT2D eigenvalue weighted by Crippen LogP contribution is 2.22. The Labute approximate surface area is 128 Å². The number of aromatic nitrogens is 2. The van der Waals surface area contributed by atoms with Crippen LogP contribution in [0.3, 0.4) is 0 Å². The highest BCUT2D eigenvalue weighted by atomic mass is 16.5. The number of anilines is 1. The SMILES string of the molecule is COCc1cc(CNc2cn(C)nc2C(=O)O)ccc1OC. The highest BCUT2D eigenvalue weighted by Gasteiger charge is 2.14. The van der Waals surface area contributed by atoms with E-state index in [1.807, 2.05) is 18.2 Å². The van der Waals surface area contributed by atoms with Crippen molar-refractivity contribution in [3.8, 4) is 5.75 Å². The lowest BCUT2D eigenvalue weighted by atomic mass is 10.1. The maximum Gasteiger partial charge on any atom is 0.358 e. The first kappa shape index (κ1) is 15.8. The standard InChI is InChI=1S/C15H19N3O4/c1-18-8-12(14(17-18)15(19)20)16-7-10-4-5-13(22-3)11(6-10)9-21-2/h4-6,8,16H,7,9H2,1-3H3,(H,19,20). The van der Waals surface area contributed by atoms with Crippen LogP contribution in [0.15, 0.2) is 24.4 Å². The summed E-state index contributed by atoms with van der Waals surface area (Å²) in [6.07, 6.45) is 1.64. The lowest BCUT2D eigenvalue weighted by Crippen LogP contribution is -2.06. The summed E-state index contributed by atoms with van der Waals surface area (Å²) in [4.78, 5) is 11.1. The fraction of sp³-hybridized carbons (Fsp3) is 0.333. The predicted molar refractivity (Wildman–Crippen MR) is 81.2 cm³/mol. The second-order valence-electron chi connectivity index (χ2n) is 4.80. The minimum atomic E-state index is -1.06. The van der Waals surface area contributed by atoms with Gasteiger partial charge in [0, 0.05) is 32.5 Å². The number of carboxylic acids is 1. The molecule has 0 aliphatic carbocycles. The molecule has 0 bridgehead atoms. The van der Waals surface area contributed by atoms with Gasteiger partial charge in [0.05, 0.1) is 19.4 Å². The first-order valence-electron chi connectivity index (χ1n) is 6.70. The lowest BCUT2D eigenvalue weighted by molar-refractivity contribution is 0.0690. The molecular weight excluding hydrogens is 286 g/mol. The van der Waals surface area contributed by atoms with Crippen molar-refractivity contribution in [3.05, 3.63) is 41.2 Å². The fourth-order valence-corrected chi connectivity index (χ4v) is 2.18. The Morgan fingerprint density at radius 3 is 2.82 bits per heavy atom. The van der Waals surface area contributed by atoms with E-state index in [0.717, 1.165) is 16.9 Å². The molecule has 0 amide bonds. The Bertz CT molecular complexity index is 667. The van der Waals surface area contributed by atoms with Crippen LogP contribution in [0.4, 0.5) is 5.69 Å². The number of carboxylic acid groups (broad SMARTS) is 1. The van der Waals surface area contributed by atoms with Gasteiger partial charge in [-0.25, -0.2) is 4.79 Å². The molecule has 0 spiro atoms. The molecule has 1 aromatic heterocycles. The average molecular weight is 305 g/mol. The zero-order chi connectivity index (χ0) is 16.1. The molecule has 0 aliphatic rings. The third-order valence-electron chi connectivity index (χ3n) is 3.16. The van der Waals surface area contributed by atoms with Crippen molar-refractivity contribution in [2.45, 2.75) is 13.2 Å². The summed E-state index contributed by atoms with van der Waals surface area (Å²) in [6.45, 7) is 0.928. The summed E-state index contributed by atoms with van der Waals surface area (Å²) in [5.74, 6) is -0.295. The van der Waals surface area contributed by atoms with E-state index in [1.54, 1.807) is 27.5 Å². The predicted octanol–water partition coefficient (Wildman–Crippen LogP) is 1.89. The van der Waals surface area contributed by atoms with Gasteiger partial charge >= 0.3 is 5.97 Å². The smallest absolute Gasteiger partial charge is 0.358 e. The summed E-state index contributed by atoms with van der Waals surface area (Å²) < 4.78 is 11.9. The van der Waals surface area contributed by atoms with Gasteiger partial charge in [-0.3, -0.25) is 4.68 Å². The molecule has 0 saturated carbocycles. The maximum atomic E-state index is 11.1. The highest BCUT2D eigenvalue weighted by molar-refractivity contribution is 5.91. The molecule has 0 radical (unpaired) electrons. The van der Waals surface area contributed by atoms with Gasteiger partial charge < -0.3 is 19.9 Å². The Hall–Kier alpha value is -2.54. The third kappa shape index (κ3) is 3.56. The van der Waals surface area contributed by atoms with Gasteiger partial charge in [-0.15, -0.1) is 0 Å². The Morgan fingerprint density at radius 1 is 1.41 bits per heavy atom. The van der Waals surface area contributed by atoms with Gasteiger partial charge in [0.2, 0.25) is 0 Å². The van der Waals surface area contributed by atoms with E-state index in [2.05, 4.69) is 10.4 Å². The van der Waals surface area contributed by atoms with Crippen molar-refractivity contribution in [3.63, 3.8) is 0 Å². The molecule has 7 nitrogen and oxygen atoms in total. The topological polar surface area (TPSA) is 85.6 Å². The van der Waals surface area contributed by atoms with E-state index in [4.69, 9.17) is 14.6 Å². The molecule has 1 aromatic carbocycles. The molecule has 7 heteroatoms. The number of aromatic carboxylic acids is 1. The number of carbonyl (C=O) groups is 1. The number of hydrogen-bond acceptors (Lipinski definition) is 5.